The van der Waals surface area contributed by atoms with E-state index < -0.39 is 60.3 Å². The minimum Gasteiger partial charge on any atom is -0.483 e. The monoisotopic (exact) mass is 581 g/mol. The molecule has 1 fully saturated rings. The van der Waals surface area contributed by atoms with E-state index >= 15 is 0 Å². The number of fused-ring (bicyclic) bond motifs is 5. The van der Waals surface area contributed by atoms with E-state index in [2.05, 4.69) is 0 Å². The van der Waals surface area contributed by atoms with Crippen molar-refractivity contribution in [2.24, 2.45) is 0 Å². The lowest BCUT2D eigenvalue weighted by Gasteiger charge is -2.43. The van der Waals surface area contributed by atoms with E-state index in [-0.39, 0.29) is 18.1 Å². The third kappa shape index (κ3) is 4.32. The highest BCUT2D eigenvalue weighted by Crippen LogP contribution is 2.47. The maximum Gasteiger partial charge on any atom is 0.352 e. The molecule has 0 aliphatic carbocycles. The molecule has 4 N–H and O–H groups in total. The van der Waals surface area contributed by atoms with Crippen LogP contribution in [0.5, 0.6) is 11.5 Å². The molecule has 13 nitrogen and oxygen atoms in total. The molecule has 6 atom stereocenters. The summed E-state index contributed by atoms with van der Waals surface area (Å²) in [7, 11) is 0. The van der Waals surface area contributed by atoms with Crippen LogP contribution >= 0.6 is 0 Å². The average Bonchev–Trinajstić information content (AvgIpc) is 3.22. The SMILES string of the molecule is CC(=O)c1ccc(-n2c(=O)n3n(c2=O)C2C(=CC3)C(C)(C)Oc3cc(O[C@@H]4O[C@H](CO)[C@@H](O)[C@H](O)[C@H]4O)ccc32)cc1. The third-order valence-corrected chi connectivity index (χ3v) is 8.06. The van der Waals surface area contributed by atoms with Crippen LogP contribution in [0.4, 0.5) is 0 Å². The standard InChI is InChI=1S/C29H31N3O10/c1-14(34)15-4-6-16(7-5-15)31-27(38)30-11-10-19-22(32(30)28(31)39)18-9-8-17(12-20(18)42-29(19,2)3)40-26-25(37)24(36)23(35)21(13-33)41-26/h4-10,12,21-26,33,35-37H,11,13H2,1-3H3/t21-,22?,23-,24+,25-,26-/m1/s1. The summed E-state index contributed by atoms with van der Waals surface area (Å²) in [6.45, 7) is 4.68. The second-order valence-electron chi connectivity index (χ2n) is 11.1. The van der Waals surface area contributed by atoms with Crippen LogP contribution < -0.4 is 20.9 Å². The maximum atomic E-state index is 13.8. The number of hydrogen-bond donors (Lipinski definition) is 4. The minimum atomic E-state index is -1.60. The van der Waals surface area contributed by atoms with Crippen molar-refractivity contribution in [2.75, 3.05) is 6.61 Å². The van der Waals surface area contributed by atoms with Gasteiger partial charge in [-0.3, -0.25) is 4.79 Å². The van der Waals surface area contributed by atoms with Crippen molar-refractivity contribution >= 4 is 5.78 Å². The van der Waals surface area contributed by atoms with Crippen molar-refractivity contribution in [3.8, 4) is 17.2 Å². The van der Waals surface area contributed by atoms with Crippen LogP contribution in [0.2, 0.25) is 0 Å². The molecule has 1 saturated heterocycles. The fourth-order valence-corrected chi connectivity index (χ4v) is 5.81. The molecule has 0 amide bonds. The van der Waals surface area contributed by atoms with E-state index in [9.17, 15) is 34.8 Å². The first-order chi connectivity index (χ1) is 19.9. The number of Topliss-reactive ketones (excluding diaryl/α,β-unsaturated/α-hetero) is 1. The molecule has 6 rings (SSSR count). The Bertz CT molecular complexity index is 1700. The molecule has 0 saturated carbocycles. The second-order valence-corrected chi connectivity index (χ2v) is 11.1. The van der Waals surface area contributed by atoms with Crippen molar-refractivity contribution in [2.45, 2.75) is 69.7 Å². The number of aromatic nitrogens is 3. The molecular weight excluding hydrogens is 550 g/mol. The maximum absolute atomic E-state index is 13.8. The Morgan fingerprint density at radius 2 is 1.74 bits per heavy atom. The largest absolute Gasteiger partial charge is 0.483 e. The number of carbonyl (C=O) groups excluding carboxylic acids is 1. The normalized spacial score (nSPS) is 27.6. The minimum absolute atomic E-state index is 0.133. The molecule has 3 aliphatic rings. The summed E-state index contributed by atoms with van der Waals surface area (Å²) >= 11 is 0. The van der Waals surface area contributed by atoms with Gasteiger partial charge in [0.2, 0.25) is 6.29 Å². The van der Waals surface area contributed by atoms with E-state index in [1.54, 1.807) is 42.5 Å². The van der Waals surface area contributed by atoms with Gasteiger partial charge in [-0.25, -0.2) is 23.5 Å². The number of ketones is 1. The zero-order valence-corrected chi connectivity index (χ0v) is 23.1. The number of nitrogens with zero attached hydrogens (tertiary/aromatic N) is 3. The van der Waals surface area contributed by atoms with Crippen molar-refractivity contribution in [3.63, 3.8) is 0 Å². The van der Waals surface area contributed by atoms with Gasteiger partial charge in [-0.1, -0.05) is 6.08 Å². The summed E-state index contributed by atoms with van der Waals surface area (Å²) < 4.78 is 21.4. The highest BCUT2D eigenvalue weighted by atomic mass is 16.7. The number of carbonyl (C=O) groups is 1. The van der Waals surface area contributed by atoms with Gasteiger partial charge in [0, 0.05) is 17.2 Å². The lowest BCUT2D eigenvalue weighted by molar-refractivity contribution is -0.277. The summed E-state index contributed by atoms with van der Waals surface area (Å²) in [5.41, 5.74) is 0.189. The first-order valence-corrected chi connectivity index (χ1v) is 13.5. The molecule has 0 radical (unpaired) electrons. The fraction of sp³-hybridized carbons (Fsp3) is 0.414. The van der Waals surface area contributed by atoms with E-state index in [1.807, 2.05) is 19.9 Å². The first kappa shape index (κ1) is 28.1. The van der Waals surface area contributed by atoms with E-state index in [0.717, 1.165) is 10.1 Å². The quantitative estimate of drug-likeness (QED) is 0.235. The first-order valence-electron chi connectivity index (χ1n) is 13.5. The molecule has 222 valence electrons. The van der Waals surface area contributed by atoms with Crippen LogP contribution in [-0.2, 0) is 11.3 Å². The van der Waals surface area contributed by atoms with Crippen LogP contribution in [0.1, 0.15) is 42.7 Å². The highest BCUT2D eigenvalue weighted by molar-refractivity contribution is 5.94. The van der Waals surface area contributed by atoms with Gasteiger partial charge < -0.3 is 34.6 Å². The van der Waals surface area contributed by atoms with Crippen molar-refractivity contribution in [3.05, 3.63) is 86.2 Å². The Morgan fingerprint density at radius 3 is 2.40 bits per heavy atom. The average molecular weight is 582 g/mol. The van der Waals surface area contributed by atoms with Crippen LogP contribution in [0, 0.1) is 0 Å². The Balaban J connectivity index is 1.39. The van der Waals surface area contributed by atoms with Gasteiger partial charge in [0.25, 0.3) is 0 Å². The van der Waals surface area contributed by atoms with Crippen molar-refractivity contribution < 1.29 is 39.4 Å². The summed E-state index contributed by atoms with van der Waals surface area (Å²) in [4.78, 5) is 39.0. The van der Waals surface area contributed by atoms with Gasteiger partial charge >= 0.3 is 11.4 Å². The molecule has 0 bridgehead atoms. The van der Waals surface area contributed by atoms with Gasteiger partial charge in [0.15, 0.2) is 5.78 Å². The van der Waals surface area contributed by atoms with Crippen molar-refractivity contribution in [1.82, 2.24) is 13.9 Å². The summed E-state index contributed by atoms with van der Waals surface area (Å²) in [6, 6.07) is 10.4. The molecule has 0 spiro atoms. The molecule has 3 aliphatic heterocycles. The van der Waals surface area contributed by atoms with Gasteiger partial charge in [0.1, 0.15) is 47.6 Å². The topological polar surface area (TPSA) is 175 Å². The van der Waals surface area contributed by atoms with Crippen LogP contribution in [0.15, 0.2) is 63.7 Å². The fourth-order valence-electron chi connectivity index (χ4n) is 5.81. The number of hydrogen-bond acceptors (Lipinski definition) is 10. The van der Waals surface area contributed by atoms with Crippen LogP contribution in [0.25, 0.3) is 5.69 Å². The lowest BCUT2D eigenvalue weighted by Crippen LogP contribution is -2.60. The Kier molecular flexibility index (Phi) is 6.74. The second kappa shape index (κ2) is 10.1. The number of ether oxygens (including phenoxy) is 3. The van der Waals surface area contributed by atoms with Gasteiger partial charge in [0.05, 0.1) is 18.8 Å². The van der Waals surface area contributed by atoms with Crippen molar-refractivity contribution in [1.29, 1.82) is 0 Å². The predicted octanol–water partition coefficient (Wildman–Crippen LogP) is -0.118. The van der Waals surface area contributed by atoms with E-state index in [1.165, 1.54) is 16.3 Å². The molecular formula is C29H31N3O10. The summed E-state index contributed by atoms with van der Waals surface area (Å²) in [5.74, 6) is 0.423. The number of benzene rings is 2. The smallest absolute Gasteiger partial charge is 0.352 e. The lowest BCUT2D eigenvalue weighted by atomic mass is 9.83. The number of allylic oxidation sites excluding steroid dienone is 1. The predicted molar refractivity (Wildman–Crippen MR) is 146 cm³/mol. The molecule has 1 unspecified atom stereocenters. The van der Waals surface area contributed by atoms with Gasteiger partial charge in [-0.15, -0.1) is 0 Å². The van der Waals surface area contributed by atoms with Gasteiger partial charge in [-0.05, 0) is 62.7 Å². The number of rotatable bonds is 5. The molecule has 13 heteroatoms. The van der Waals surface area contributed by atoms with Gasteiger partial charge in [-0.2, -0.15) is 0 Å². The Labute approximate surface area is 239 Å². The zero-order valence-electron chi connectivity index (χ0n) is 23.1. The number of aliphatic hydroxyl groups is 4. The molecule has 3 aromatic rings. The van der Waals surface area contributed by atoms with E-state index in [4.69, 9.17) is 14.2 Å². The highest BCUT2D eigenvalue weighted by Gasteiger charge is 2.46. The van der Waals surface area contributed by atoms with Crippen LogP contribution in [-0.4, -0.2) is 83.1 Å². The molecule has 42 heavy (non-hydrogen) atoms. The third-order valence-electron chi connectivity index (χ3n) is 8.06. The van der Waals surface area contributed by atoms with Crippen LogP contribution in [0.3, 0.4) is 0 Å². The zero-order chi connectivity index (χ0) is 30.1. The summed E-state index contributed by atoms with van der Waals surface area (Å²) in [6.07, 6.45) is -5.38. The Morgan fingerprint density at radius 1 is 1.02 bits per heavy atom. The molecule has 1 aromatic heterocycles. The molecule has 2 aromatic carbocycles. The van der Waals surface area contributed by atoms with E-state index in [0.29, 0.717) is 22.6 Å². The summed E-state index contributed by atoms with van der Waals surface area (Å²) in [5, 5.41) is 40.0. The Hall–Kier alpha value is -4.01. The molecule has 4 heterocycles. The number of aliphatic hydroxyl groups excluding tert-OH is 4.